The molecule has 1 aromatic carbocycles. The van der Waals surface area contributed by atoms with Gasteiger partial charge in [-0.1, -0.05) is 45.0 Å². The summed E-state index contributed by atoms with van der Waals surface area (Å²) in [6, 6.07) is 7.48. The van der Waals surface area contributed by atoms with Gasteiger partial charge >= 0.3 is 5.97 Å². The number of hydrogen-bond acceptors (Lipinski definition) is 2. The van der Waals surface area contributed by atoms with Crippen molar-refractivity contribution in [2.75, 3.05) is 0 Å². The molecule has 1 aromatic rings. The SMILES string of the molecule is CC(C)(C)c1ccc(CC(=O)C(=O)O)cc1. The van der Waals surface area contributed by atoms with E-state index in [1.165, 1.54) is 5.56 Å². The lowest BCUT2D eigenvalue weighted by Gasteiger charge is -2.18. The second-order valence-corrected chi connectivity index (χ2v) is 4.85. The highest BCUT2D eigenvalue weighted by atomic mass is 16.4. The number of hydrogen-bond donors (Lipinski definition) is 1. The zero-order valence-corrected chi connectivity index (χ0v) is 9.78. The number of carboxylic acid groups (broad SMARTS) is 1. The summed E-state index contributed by atoms with van der Waals surface area (Å²) >= 11 is 0. The lowest BCUT2D eigenvalue weighted by molar-refractivity contribution is -0.148. The van der Waals surface area contributed by atoms with E-state index in [2.05, 4.69) is 20.8 Å². The van der Waals surface area contributed by atoms with Gasteiger partial charge in [-0.05, 0) is 16.5 Å². The van der Waals surface area contributed by atoms with E-state index >= 15 is 0 Å². The van der Waals surface area contributed by atoms with Crippen molar-refractivity contribution < 1.29 is 14.7 Å². The van der Waals surface area contributed by atoms with Crippen LogP contribution in [0.4, 0.5) is 0 Å². The van der Waals surface area contributed by atoms with E-state index in [0.29, 0.717) is 0 Å². The van der Waals surface area contributed by atoms with Gasteiger partial charge in [0, 0.05) is 6.42 Å². The molecule has 0 aliphatic rings. The Balaban J connectivity index is 2.80. The standard InChI is InChI=1S/C13H16O3/c1-13(2,3)10-6-4-9(5-7-10)8-11(14)12(15)16/h4-7H,8H2,1-3H3,(H,15,16). The molecule has 0 unspecified atom stereocenters. The van der Waals surface area contributed by atoms with Crippen LogP contribution in [0.5, 0.6) is 0 Å². The van der Waals surface area contributed by atoms with Crippen LogP contribution in [-0.4, -0.2) is 16.9 Å². The molecule has 0 fully saturated rings. The second kappa shape index (κ2) is 4.47. The summed E-state index contributed by atoms with van der Waals surface area (Å²) in [6.07, 6.45) is -0.0419. The highest BCUT2D eigenvalue weighted by Crippen LogP contribution is 2.22. The van der Waals surface area contributed by atoms with Gasteiger partial charge in [-0.25, -0.2) is 4.79 Å². The lowest BCUT2D eigenvalue weighted by Crippen LogP contribution is -2.15. The predicted molar refractivity (Wildman–Crippen MR) is 61.5 cm³/mol. The first kappa shape index (κ1) is 12.4. The summed E-state index contributed by atoms with van der Waals surface area (Å²) in [5.41, 5.74) is 1.97. The van der Waals surface area contributed by atoms with Crippen LogP contribution in [0.25, 0.3) is 0 Å². The molecule has 0 saturated carbocycles. The van der Waals surface area contributed by atoms with Crippen molar-refractivity contribution in [2.24, 2.45) is 0 Å². The van der Waals surface area contributed by atoms with E-state index in [1.807, 2.05) is 12.1 Å². The monoisotopic (exact) mass is 220 g/mol. The Morgan fingerprint density at radius 1 is 1.12 bits per heavy atom. The molecule has 0 aromatic heterocycles. The Morgan fingerprint density at radius 3 is 2.00 bits per heavy atom. The molecule has 0 heterocycles. The van der Waals surface area contributed by atoms with E-state index in [4.69, 9.17) is 5.11 Å². The summed E-state index contributed by atoms with van der Waals surface area (Å²) in [7, 11) is 0. The van der Waals surface area contributed by atoms with Gasteiger partial charge in [0.05, 0.1) is 0 Å². The first-order valence-electron chi connectivity index (χ1n) is 5.16. The van der Waals surface area contributed by atoms with Crippen molar-refractivity contribution >= 4 is 11.8 Å². The quantitative estimate of drug-likeness (QED) is 0.794. The average Bonchev–Trinajstić information content (AvgIpc) is 2.17. The first-order valence-corrected chi connectivity index (χ1v) is 5.16. The highest BCUT2D eigenvalue weighted by molar-refractivity contribution is 6.33. The van der Waals surface area contributed by atoms with E-state index in [1.54, 1.807) is 12.1 Å². The maximum Gasteiger partial charge on any atom is 0.372 e. The number of Topliss-reactive ketones (excluding diaryl/α,β-unsaturated/α-hetero) is 1. The van der Waals surface area contributed by atoms with Crippen LogP contribution in [0.15, 0.2) is 24.3 Å². The Morgan fingerprint density at radius 2 is 1.62 bits per heavy atom. The Bertz CT molecular complexity index is 396. The van der Waals surface area contributed by atoms with E-state index < -0.39 is 11.8 Å². The van der Waals surface area contributed by atoms with Crippen molar-refractivity contribution in [1.29, 1.82) is 0 Å². The Kier molecular flexibility index (Phi) is 3.48. The molecule has 0 aliphatic heterocycles. The number of aliphatic carboxylic acids is 1. The molecular formula is C13H16O3. The van der Waals surface area contributed by atoms with Crippen molar-refractivity contribution in [3.63, 3.8) is 0 Å². The van der Waals surface area contributed by atoms with Gasteiger partial charge in [0.15, 0.2) is 0 Å². The van der Waals surface area contributed by atoms with Crippen LogP contribution in [0.3, 0.4) is 0 Å². The normalized spacial score (nSPS) is 11.2. The third kappa shape index (κ3) is 3.19. The zero-order valence-electron chi connectivity index (χ0n) is 9.78. The molecule has 1 N–H and O–H groups in total. The first-order chi connectivity index (χ1) is 7.30. The zero-order chi connectivity index (χ0) is 12.3. The maximum atomic E-state index is 11.0. The number of carbonyl (C=O) groups excluding carboxylic acids is 1. The van der Waals surface area contributed by atoms with Gasteiger partial charge in [0.1, 0.15) is 0 Å². The van der Waals surface area contributed by atoms with Gasteiger partial charge in [0.2, 0.25) is 5.78 Å². The summed E-state index contributed by atoms with van der Waals surface area (Å²) in [4.78, 5) is 21.4. The van der Waals surface area contributed by atoms with Crippen molar-refractivity contribution in [3.05, 3.63) is 35.4 Å². The molecule has 3 heteroatoms. The van der Waals surface area contributed by atoms with Gasteiger partial charge in [0.25, 0.3) is 0 Å². The molecule has 0 spiro atoms. The van der Waals surface area contributed by atoms with Crippen molar-refractivity contribution in [3.8, 4) is 0 Å². The topological polar surface area (TPSA) is 54.4 Å². The van der Waals surface area contributed by atoms with Crippen molar-refractivity contribution in [1.82, 2.24) is 0 Å². The minimum absolute atomic E-state index is 0.0419. The second-order valence-electron chi connectivity index (χ2n) is 4.85. The lowest BCUT2D eigenvalue weighted by atomic mass is 9.86. The van der Waals surface area contributed by atoms with Gasteiger partial charge < -0.3 is 5.11 Å². The fraction of sp³-hybridized carbons (Fsp3) is 0.385. The third-order valence-corrected chi connectivity index (χ3v) is 2.42. The minimum Gasteiger partial charge on any atom is -0.475 e. The van der Waals surface area contributed by atoms with E-state index in [9.17, 15) is 9.59 Å². The van der Waals surface area contributed by atoms with Crippen LogP contribution in [0, 0.1) is 0 Å². The predicted octanol–water partition coefficient (Wildman–Crippen LogP) is 2.18. The van der Waals surface area contributed by atoms with Crippen LogP contribution in [0.1, 0.15) is 31.9 Å². The third-order valence-electron chi connectivity index (χ3n) is 2.42. The number of rotatable bonds is 3. The van der Waals surface area contributed by atoms with Crippen LogP contribution in [-0.2, 0) is 21.4 Å². The molecule has 0 amide bonds. The molecule has 0 radical (unpaired) electrons. The maximum absolute atomic E-state index is 11.0. The summed E-state index contributed by atoms with van der Waals surface area (Å²) in [5.74, 6) is -2.15. The highest BCUT2D eigenvalue weighted by Gasteiger charge is 2.15. The van der Waals surface area contributed by atoms with Crippen LogP contribution < -0.4 is 0 Å². The summed E-state index contributed by atoms with van der Waals surface area (Å²) in [5, 5.41) is 8.48. The Hall–Kier alpha value is -1.64. The van der Waals surface area contributed by atoms with Gasteiger partial charge in [-0.3, -0.25) is 4.79 Å². The number of ketones is 1. The van der Waals surface area contributed by atoms with Gasteiger partial charge in [-0.15, -0.1) is 0 Å². The molecule has 16 heavy (non-hydrogen) atoms. The molecular weight excluding hydrogens is 204 g/mol. The Labute approximate surface area is 95.1 Å². The molecule has 0 bridgehead atoms. The largest absolute Gasteiger partial charge is 0.475 e. The molecule has 0 atom stereocenters. The fourth-order valence-electron chi connectivity index (χ4n) is 1.38. The summed E-state index contributed by atoms with van der Waals surface area (Å²) in [6.45, 7) is 6.30. The summed E-state index contributed by atoms with van der Waals surface area (Å²) < 4.78 is 0. The fourth-order valence-corrected chi connectivity index (χ4v) is 1.38. The number of carbonyl (C=O) groups is 2. The van der Waals surface area contributed by atoms with Crippen LogP contribution >= 0.6 is 0 Å². The molecule has 86 valence electrons. The van der Waals surface area contributed by atoms with E-state index in [0.717, 1.165) is 5.56 Å². The van der Waals surface area contributed by atoms with Crippen LogP contribution in [0.2, 0.25) is 0 Å². The van der Waals surface area contributed by atoms with Crippen molar-refractivity contribution in [2.45, 2.75) is 32.6 Å². The average molecular weight is 220 g/mol. The van der Waals surface area contributed by atoms with Gasteiger partial charge in [-0.2, -0.15) is 0 Å². The molecule has 1 rings (SSSR count). The molecule has 0 saturated heterocycles. The molecule has 3 nitrogen and oxygen atoms in total. The number of benzene rings is 1. The smallest absolute Gasteiger partial charge is 0.372 e. The minimum atomic E-state index is -1.38. The molecule has 0 aliphatic carbocycles. The van der Waals surface area contributed by atoms with E-state index in [-0.39, 0.29) is 11.8 Å². The number of carboxylic acids is 1.